The molecule has 0 bridgehead atoms. The molecule has 4 heteroatoms. The lowest BCUT2D eigenvalue weighted by atomic mass is 10.2. The summed E-state index contributed by atoms with van der Waals surface area (Å²) in [5.74, 6) is 0. The van der Waals surface area contributed by atoms with E-state index in [2.05, 4.69) is 22.3 Å². The zero-order chi connectivity index (χ0) is 8.27. The first-order chi connectivity index (χ1) is 5.24. The van der Waals surface area contributed by atoms with Crippen molar-refractivity contribution in [3.8, 4) is 0 Å². The predicted molar refractivity (Wildman–Crippen MR) is 64.8 cm³/mol. The lowest BCUT2D eigenvalue weighted by molar-refractivity contribution is 1.13. The Morgan fingerprint density at radius 2 is 1.77 bits per heavy atom. The Labute approximate surface area is 92.1 Å². The van der Waals surface area contributed by atoms with Gasteiger partial charge in [-0.05, 0) is 18.2 Å². The molecule has 0 aromatic heterocycles. The molecular weight excluding hydrogens is 207 g/mol. The molecule has 0 spiro atoms. The predicted octanol–water partition coefficient (Wildman–Crippen LogP) is 2.64. The van der Waals surface area contributed by atoms with Crippen LogP contribution in [0.25, 0.3) is 0 Å². The largest absolute Gasteiger partial charge is 0.388 e. The zero-order valence-corrected chi connectivity index (χ0v) is 9.71. The van der Waals surface area contributed by atoms with E-state index < -0.39 is 0 Å². The van der Waals surface area contributed by atoms with Gasteiger partial charge in [0.05, 0.1) is 0 Å². The molecule has 0 aliphatic carbocycles. The molecule has 0 saturated heterocycles. The normalized spacial score (nSPS) is 7.92. The van der Waals surface area contributed by atoms with E-state index in [1.165, 1.54) is 5.69 Å². The van der Waals surface area contributed by atoms with Crippen LogP contribution in [0.3, 0.4) is 0 Å². The van der Waals surface area contributed by atoms with Crippen LogP contribution in [0.2, 0.25) is 0 Å². The van der Waals surface area contributed by atoms with Crippen LogP contribution in [-0.2, 0) is 0 Å². The Kier molecular flexibility index (Phi) is 7.87. The minimum absolute atomic E-state index is 0. The molecule has 0 heterocycles. The van der Waals surface area contributed by atoms with E-state index >= 15 is 0 Å². The molecule has 0 unspecified atom stereocenters. The van der Waals surface area contributed by atoms with E-state index in [0.29, 0.717) is 0 Å². The van der Waals surface area contributed by atoms with E-state index in [-0.39, 0.29) is 24.8 Å². The van der Waals surface area contributed by atoms with Crippen LogP contribution in [0.1, 0.15) is 0 Å². The summed E-state index contributed by atoms with van der Waals surface area (Å²) >= 11 is 0. The van der Waals surface area contributed by atoms with Gasteiger partial charge in [-0.1, -0.05) is 6.07 Å². The maximum atomic E-state index is 3.10. The summed E-state index contributed by atoms with van der Waals surface area (Å²) in [6.07, 6.45) is 0. The second-order valence-corrected chi connectivity index (χ2v) is 2.69. The Bertz CT molecular complexity index is 239. The smallest absolute Gasteiger partial charge is 0.0381 e. The van der Waals surface area contributed by atoms with Gasteiger partial charge in [-0.15, -0.1) is 24.8 Å². The van der Waals surface area contributed by atoms with Crippen LogP contribution >= 0.6 is 24.8 Å². The minimum atomic E-state index is 0. The zero-order valence-electron chi connectivity index (χ0n) is 8.07. The van der Waals surface area contributed by atoms with Crippen LogP contribution in [0.5, 0.6) is 0 Å². The van der Waals surface area contributed by atoms with Crippen LogP contribution in [0.4, 0.5) is 11.4 Å². The second kappa shape index (κ2) is 6.87. The molecule has 2 nitrogen and oxygen atoms in total. The first-order valence-corrected chi connectivity index (χ1v) is 3.69. The number of nitrogens with zero attached hydrogens (tertiary/aromatic N) is 1. The number of hydrogen-bond donors (Lipinski definition) is 1. The number of hydrogen-bond acceptors (Lipinski definition) is 2. The van der Waals surface area contributed by atoms with Crippen LogP contribution in [0.15, 0.2) is 24.3 Å². The van der Waals surface area contributed by atoms with Crippen molar-refractivity contribution >= 4 is 36.2 Å². The van der Waals surface area contributed by atoms with E-state index in [0.717, 1.165) is 5.69 Å². The van der Waals surface area contributed by atoms with E-state index in [1.807, 2.05) is 33.3 Å². The molecule has 0 fully saturated rings. The summed E-state index contributed by atoms with van der Waals surface area (Å²) in [4.78, 5) is 2.08. The summed E-state index contributed by atoms with van der Waals surface area (Å²) in [6.45, 7) is 0. The highest BCUT2D eigenvalue weighted by molar-refractivity contribution is 5.85. The molecule has 0 amide bonds. The third kappa shape index (κ3) is 4.25. The lowest BCUT2D eigenvalue weighted by Crippen LogP contribution is -2.08. The summed E-state index contributed by atoms with van der Waals surface area (Å²) in [5, 5.41) is 3.10. The number of nitrogens with one attached hydrogen (secondary N) is 1. The average molecular weight is 223 g/mol. The van der Waals surface area contributed by atoms with E-state index in [1.54, 1.807) is 0 Å². The fourth-order valence-corrected chi connectivity index (χ4v) is 0.940. The standard InChI is InChI=1S/C9H14N2.2ClH/c1-10-8-5-4-6-9(7-8)11(2)3;;/h4-7,10H,1-3H3;2*1H. The van der Waals surface area contributed by atoms with Crippen LogP contribution in [-0.4, -0.2) is 21.1 Å². The topological polar surface area (TPSA) is 15.3 Å². The molecule has 1 N–H and O–H groups in total. The molecule has 1 aromatic carbocycles. The van der Waals surface area contributed by atoms with Gasteiger partial charge in [0.2, 0.25) is 0 Å². The number of rotatable bonds is 2. The van der Waals surface area contributed by atoms with Crippen molar-refractivity contribution in [2.24, 2.45) is 0 Å². The summed E-state index contributed by atoms with van der Waals surface area (Å²) in [6, 6.07) is 8.29. The molecule has 0 atom stereocenters. The van der Waals surface area contributed by atoms with Gasteiger partial charge >= 0.3 is 0 Å². The molecule has 0 aliphatic heterocycles. The third-order valence-electron chi connectivity index (χ3n) is 1.65. The maximum absolute atomic E-state index is 3.10. The maximum Gasteiger partial charge on any atom is 0.0381 e. The SMILES string of the molecule is CNc1cccc(N(C)C)c1.Cl.Cl. The average Bonchev–Trinajstić information content (AvgIpc) is 2.05. The van der Waals surface area contributed by atoms with E-state index in [4.69, 9.17) is 0 Å². The van der Waals surface area contributed by atoms with Gasteiger partial charge in [0, 0.05) is 32.5 Å². The van der Waals surface area contributed by atoms with Crippen molar-refractivity contribution in [2.75, 3.05) is 31.4 Å². The molecule has 0 radical (unpaired) electrons. The molecular formula is C9H16Cl2N2. The minimum Gasteiger partial charge on any atom is -0.388 e. The Morgan fingerprint density at radius 3 is 2.23 bits per heavy atom. The second-order valence-electron chi connectivity index (χ2n) is 2.69. The molecule has 1 aromatic rings. The molecule has 13 heavy (non-hydrogen) atoms. The highest BCUT2D eigenvalue weighted by Gasteiger charge is 1.93. The first-order valence-electron chi connectivity index (χ1n) is 3.69. The fourth-order valence-electron chi connectivity index (χ4n) is 0.940. The van der Waals surface area contributed by atoms with Crippen LogP contribution in [0, 0.1) is 0 Å². The highest BCUT2D eigenvalue weighted by Crippen LogP contribution is 2.16. The van der Waals surface area contributed by atoms with Gasteiger partial charge < -0.3 is 10.2 Å². The van der Waals surface area contributed by atoms with Crippen molar-refractivity contribution in [3.63, 3.8) is 0 Å². The molecule has 0 saturated carbocycles. The summed E-state index contributed by atoms with van der Waals surface area (Å²) in [5.41, 5.74) is 2.37. The third-order valence-corrected chi connectivity index (χ3v) is 1.65. The number of anilines is 2. The lowest BCUT2D eigenvalue weighted by Gasteiger charge is -2.13. The monoisotopic (exact) mass is 222 g/mol. The van der Waals surface area contributed by atoms with Crippen molar-refractivity contribution in [2.45, 2.75) is 0 Å². The Balaban J connectivity index is 0. The molecule has 1 rings (SSSR count). The highest BCUT2D eigenvalue weighted by atomic mass is 35.5. The number of benzene rings is 1. The number of halogens is 2. The van der Waals surface area contributed by atoms with Gasteiger partial charge in [0.15, 0.2) is 0 Å². The van der Waals surface area contributed by atoms with Crippen molar-refractivity contribution in [1.82, 2.24) is 0 Å². The Morgan fingerprint density at radius 1 is 1.15 bits per heavy atom. The van der Waals surface area contributed by atoms with Gasteiger partial charge in [-0.3, -0.25) is 0 Å². The van der Waals surface area contributed by atoms with Crippen molar-refractivity contribution in [3.05, 3.63) is 24.3 Å². The first kappa shape index (κ1) is 14.9. The summed E-state index contributed by atoms with van der Waals surface area (Å²) < 4.78 is 0. The van der Waals surface area contributed by atoms with Crippen molar-refractivity contribution < 1.29 is 0 Å². The molecule has 0 aliphatic rings. The fraction of sp³-hybridized carbons (Fsp3) is 0.333. The van der Waals surface area contributed by atoms with Gasteiger partial charge in [0.1, 0.15) is 0 Å². The van der Waals surface area contributed by atoms with E-state index in [9.17, 15) is 0 Å². The quantitative estimate of drug-likeness (QED) is 0.829. The van der Waals surface area contributed by atoms with Gasteiger partial charge in [0.25, 0.3) is 0 Å². The Hall–Kier alpha value is -0.600. The van der Waals surface area contributed by atoms with Crippen LogP contribution < -0.4 is 10.2 Å². The summed E-state index contributed by atoms with van der Waals surface area (Å²) in [7, 11) is 6.00. The molecule has 76 valence electrons. The van der Waals surface area contributed by atoms with Crippen molar-refractivity contribution in [1.29, 1.82) is 0 Å². The van der Waals surface area contributed by atoms with Gasteiger partial charge in [-0.2, -0.15) is 0 Å². The van der Waals surface area contributed by atoms with Gasteiger partial charge in [-0.25, -0.2) is 0 Å².